The standard InChI is InChI=1S/C15H16N4S2/c1-3-16-14-12(9-20-15-19-18-10(2)21-15)8-11-6-4-5-7-13(11)17-14/h4-8H,3,9H2,1-2H3,(H,16,17). The van der Waals surface area contributed by atoms with E-state index in [0.29, 0.717) is 0 Å². The highest BCUT2D eigenvalue weighted by Gasteiger charge is 2.09. The maximum absolute atomic E-state index is 4.73. The summed E-state index contributed by atoms with van der Waals surface area (Å²) < 4.78 is 1.00. The van der Waals surface area contributed by atoms with E-state index >= 15 is 0 Å². The first-order valence-electron chi connectivity index (χ1n) is 6.81. The van der Waals surface area contributed by atoms with Gasteiger partial charge in [-0.15, -0.1) is 10.2 Å². The van der Waals surface area contributed by atoms with E-state index in [0.717, 1.165) is 33.0 Å². The number of aryl methyl sites for hydroxylation is 1. The molecule has 2 aromatic heterocycles. The van der Waals surface area contributed by atoms with Crippen molar-refractivity contribution in [1.29, 1.82) is 0 Å². The molecule has 0 aliphatic carbocycles. The highest BCUT2D eigenvalue weighted by atomic mass is 32.2. The Hall–Kier alpha value is -1.66. The number of hydrogen-bond donors (Lipinski definition) is 1. The Kier molecular flexibility index (Phi) is 4.36. The molecule has 3 rings (SSSR count). The van der Waals surface area contributed by atoms with Crippen LogP contribution in [0.2, 0.25) is 0 Å². The molecule has 108 valence electrons. The van der Waals surface area contributed by atoms with Gasteiger partial charge in [-0.05, 0) is 26.0 Å². The van der Waals surface area contributed by atoms with Crippen LogP contribution in [-0.2, 0) is 5.75 Å². The summed E-state index contributed by atoms with van der Waals surface area (Å²) in [4.78, 5) is 4.73. The van der Waals surface area contributed by atoms with E-state index in [4.69, 9.17) is 4.98 Å². The fourth-order valence-electron chi connectivity index (χ4n) is 2.07. The van der Waals surface area contributed by atoms with Gasteiger partial charge in [-0.25, -0.2) is 4.98 Å². The second kappa shape index (κ2) is 6.41. The number of hydrogen-bond acceptors (Lipinski definition) is 6. The molecule has 0 unspecified atom stereocenters. The number of thioether (sulfide) groups is 1. The Morgan fingerprint density at radius 2 is 2.10 bits per heavy atom. The number of anilines is 1. The average molecular weight is 316 g/mol. The van der Waals surface area contributed by atoms with Crippen molar-refractivity contribution < 1.29 is 0 Å². The quantitative estimate of drug-likeness (QED) is 0.718. The normalized spacial score (nSPS) is 11.0. The van der Waals surface area contributed by atoms with Crippen LogP contribution in [0.5, 0.6) is 0 Å². The Morgan fingerprint density at radius 3 is 2.86 bits per heavy atom. The highest BCUT2D eigenvalue weighted by Crippen LogP contribution is 2.29. The molecule has 3 aromatic rings. The van der Waals surface area contributed by atoms with Gasteiger partial charge in [0, 0.05) is 23.2 Å². The maximum atomic E-state index is 4.73. The first-order chi connectivity index (χ1) is 10.3. The molecule has 0 fully saturated rings. The van der Waals surface area contributed by atoms with E-state index in [2.05, 4.69) is 34.6 Å². The number of pyridine rings is 1. The van der Waals surface area contributed by atoms with Crippen molar-refractivity contribution in [3.63, 3.8) is 0 Å². The zero-order chi connectivity index (χ0) is 14.7. The second-order valence-corrected chi connectivity index (χ2v) is 7.00. The fraction of sp³-hybridized carbons (Fsp3) is 0.267. The van der Waals surface area contributed by atoms with Crippen molar-refractivity contribution in [2.24, 2.45) is 0 Å². The molecule has 0 saturated heterocycles. The van der Waals surface area contributed by atoms with Gasteiger partial charge in [0.05, 0.1) is 5.52 Å². The zero-order valence-corrected chi connectivity index (χ0v) is 13.6. The van der Waals surface area contributed by atoms with Crippen LogP contribution in [0.15, 0.2) is 34.7 Å². The third-order valence-corrected chi connectivity index (χ3v) is 5.03. The van der Waals surface area contributed by atoms with Crippen LogP contribution < -0.4 is 5.32 Å². The molecule has 0 atom stereocenters. The van der Waals surface area contributed by atoms with E-state index in [1.807, 2.05) is 25.1 Å². The van der Waals surface area contributed by atoms with Crippen molar-refractivity contribution in [2.45, 2.75) is 23.9 Å². The number of nitrogens with one attached hydrogen (secondary N) is 1. The van der Waals surface area contributed by atoms with Crippen LogP contribution in [0.25, 0.3) is 10.9 Å². The van der Waals surface area contributed by atoms with Crippen LogP contribution in [-0.4, -0.2) is 21.7 Å². The van der Waals surface area contributed by atoms with Gasteiger partial charge in [-0.2, -0.15) is 0 Å². The predicted octanol–water partition coefficient (Wildman–Crippen LogP) is 4.12. The Balaban J connectivity index is 1.89. The third kappa shape index (κ3) is 3.33. The van der Waals surface area contributed by atoms with Crippen molar-refractivity contribution in [2.75, 3.05) is 11.9 Å². The van der Waals surface area contributed by atoms with Crippen molar-refractivity contribution in [3.05, 3.63) is 40.9 Å². The number of rotatable bonds is 5. The summed E-state index contributed by atoms with van der Waals surface area (Å²) in [5.74, 6) is 1.80. The van der Waals surface area contributed by atoms with E-state index in [-0.39, 0.29) is 0 Å². The molecule has 0 amide bonds. The van der Waals surface area contributed by atoms with Crippen molar-refractivity contribution in [3.8, 4) is 0 Å². The van der Waals surface area contributed by atoms with E-state index in [9.17, 15) is 0 Å². The maximum Gasteiger partial charge on any atom is 0.174 e. The fourth-order valence-corrected chi connectivity index (χ4v) is 3.85. The molecular formula is C15H16N4S2. The molecule has 0 radical (unpaired) electrons. The molecule has 0 spiro atoms. The minimum absolute atomic E-state index is 0.842. The van der Waals surface area contributed by atoms with E-state index in [1.165, 1.54) is 10.9 Å². The Labute approximate surface area is 132 Å². The average Bonchev–Trinajstić information content (AvgIpc) is 2.91. The summed E-state index contributed by atoms with van der Waals surface area (Å²) in [5, 5.41) is 13.7. The lowest BCUT2D eigenvalue weighted by Gasteiger charge is -2.10. The summed E-state index contributed by atoms with van der Waals surface area (Å²) in [5.41, 5.74) is 2.22. The molecule has 21 heavy (non-hydrogen) atoms. The second-order valence-electron chi connectivity index (χ2n) is 4.59. The minimum Gasteiger partial charge on any atom is -0.370 e. The third-order valence-electron chi connectivity index (χ3n) is 3.01. The summed E-state index contributed by atoms with van der Waals surface area (Å²) >= 11 is 3.34. The Bertz CT molecular complexity index is 754. The SMILES string of the molecule is CCNc1nc2ccccc2cc1CSc1nnc(C)s1. The van der Waals surface area contributed by atoms with Crippen molar-refractivity contribution >= 4 is 39.8 Å². The summed E-state index contributed by atoms with van der Waals surface area (Å²) in [6, 6.07) is 10.4. The lowest BCUT2D eigenvalue weighted by atomic mass is 10.1. The van der Waals surface area contributed by atoms with Crippen LogP contribution in [0.3, 0.4) is 0 Å². The van der Waals surface area contributed by atoms with Gasteiger partial charge >= 0.3 is 0 Å². The molecule has 2 heterocycles. The smallest absolute Gasteiger partial charge is 0.174 e. The van der Waals surface area contributed by atoms with Gasteiger partial charge in [-0.1, -0.05) is 41.3 Å². The first kappa shape index (κ1) is 14.3. The molecule has 1 N–H and O–H groups in total. The summed E-state index contributed by atoms with van der Waals surface area (Å²) in [6.45, 7) is 4.92. The van der Waals surface area contributed by atoms with Crippen LogP contribution in [0, 0.1) is 6.92 Å². The Morgan fingerprint density at radius 1 is 1.24 bits per heavy atom. The first-order valence-corrected chi connectivity index (χ1v) is 8.62. The summed E-state index contributed by atoms with van der Waals surface area (Å²) in [6.07, 6.45) is 0. The molecule has 1 aromatic carbocycles. The largest absolute Gasteiger partial charge is 0.370 e. The summed E-state index contributed by atoms with van der Waals surface area (Å²) in [7, 11) is 0. The monoisotopic (exact) mass is 316 g/mol. The number of fused-ring (bicyclic) bond motifs is 1. The zero-order valence-electron chi connectivity index (χ0n) is 12.0. The van der Waals surface area contributed by atoms with E-state index < -0.39 is 0 Å². The minimum atomic E-state index is 0.842. The predicted molar refractivity (Wildman–Crippen MR) is 90.1 cm³/mol. The molecule has 0 saturated carbocycles. The number of nitrogens with zero attached hydrogens (tertiary/aromatic N) is 3. The van der Waals surface area contributed by atoms with Gasteiger partial charge in [0.25, 0.3) is 0 Å². The highest BCUT2D eigenvalue weighted by molar-refractivity contribution is 8.00. The van der Waals surface area contributed by atoms with Crippen LogP contribution >= 0.6 is 23.1 Å². The topological polar surface area (TPSA) is 50.7 Å². The van der Waals surface area contributed by atoms with Gasteiger partial charge in [0.15, 0.2) is 4.34 Å². The van der Waals surface area contributed by atoms with Crippen molar-refractivity contribution in [1.82, 2.24) is 15.2 Å². The number of benzene rings is 1. The molecule has 6 heteroatoms. The lowest BCUT2D eigenvalue weighted by Crippen LogP contribution is -2.03. The van der Waals surface area contributed by atoms with Gasteiger partial charge in [0.2, 0.25) is 0 Å². The van der Waals surface area contributed by atoms with Gasteiger partial charge < -0.3 is 5.32 Å². The lowest BCUT2D eigenvalue weighted by molar-refractivity contribution is 0.983. The van der Waals surface area contributed by atoms with Crippen LogP contribution in [0.4, 0.5) is 5.82 Å². The van der Waals surface area contributed by atoms with Gasteiger partial charge in [0.1, 0.15) is 10.8 Å². The molecule has 0 aliphatic heterocycles. The molecule has 0 bridgehead atoms. The van der Waals surface area contributed by atoms with E-state index in [1.54, 1.807) is 23.1 Å². The van der Waals surface area contributed by atoms with Gasteiger partial charge in [-0.3, -0.25) is 0 Å². The molecular weight excluding hydrogens is 300 g/mol. The molecule has 4 nitrogen and oxygen atoms in total. The molecule has 0 aliphatic rings. The van der Waals surface area contributed by atoms with Crippen LogP contribution in [0.1, 0.15) is 17.5 Å². The number of aromatic nitrogens is 3. The number of para-hydroxylation sites is 1.